The number of likely N-dealkylation sites (tertiary alicyclic amines) is 1. The lowest BCUT2D eigenvalue weighted by Gasteiger charge is -2.19. The number of halogens is 1. The van der Waals surface area contributed by atoms with Crippen molar-refractivity contribution in [2.75, 3.05) is 18.4 Å². The molecule has 0 saturated carbocycles. The molecule has 1 atom stereocenters. The van der Waals surface area contributed by atoms with Crippen LogP contribution in [0.3, 0.4) is 0 Å². The van der Waals surface area contributed by atoms with Crippen LogP contribution in [-0.4, -0.2) is 29.8 Å². The number of nitrogens with one attached hydrogen (secondary N) is 1. The first-order chi connectivity index (χ1) is 13.6. The van der Waals surface area contributed by atoms with Gasteiger partial charge in [0.15, 0.2) is 10.4 Å². The fraction of sp³-hybridized carbons (Fsp3) is 0.182. The van der Waals surface area contributed by atoms with Crippen molar-refractivity contribution in [3.63, 3.8) is 0 Å². The summed E-state index contributed by atoms with van der Waals surface area (Å²) in [6.07, 6.45) is 0.935. The van der Waals surface area contributed by atoms with Crippen molar-refractivity contribution < 1.29 is 14.0 Å². The number of carbonyl (C=O) groups is 2. The molecule has 1 N–H and O–H groups in total. The molecule has 0 radical (unpaired) electrons. The molecular formula is C22H19BrN2O3. The standard InChI is InChI=1S/C22H19BrN2O3/c23-20-11-10-19(28-20)21(26)24-18-9-5-4-8-17(18)22(27)25-13-12-16(14-25)15-6-2-1-3-7-15/h1-11,16H,12-14H2,(H,24,26). The molecule has 2 aromatic carbocycles. The summed E-state index contributed by atoms with van der Waals surface area (Å²) >= 11 is 3.19. The minimum Gasteiger partial charge on any atom is -0.444 e. The Morgan fingerprint density at radius 1 is 1.00 bits per heavy atom. The van der Waals surface area contributed by atoms with Crippen LogP contribution in [0.1, 0.15) is 38.8 Å². The monoisotopic (exact) mass is 438 g/mol. The van der Waals surface area contributed by atoms with Gasteiger partial charge in [0.05, 0.1) is 11.3 Å². The topological polar surface area (TPSA) is 62.6 Å². The molecule has 4 rings (SSSR count). The molecule has 2 heterocycles. The van der Waals surface area contributed by atoms with Gasteiger partial charge in [-0.2, -0.15) is 0 Å². The van der Waals surface area contributed by atoms with Crippen molar-refractivity contribution >= 4 is 33.4 Å². The summed E-state index contributed by atoms with van der Waals surface area (Å²) in [5.74, 6) is 0.0521. The van der Waals surface area contributed by atoms with Crippen LogP contribution in [-0.2, 0) is 0 Å². The Balaban J connectivity index is 1.50. The molecule has 0 bridgehead atoms. The van der Waals surface area contributed by atoms with E-state index in [1.54, 1.807) is 36.4 Å². The number of hydrogen-bond donors (Lipinski definition) is 1. The number of benzene rings is 2. The van der Waals surface area contributed by atoms with Gasteiger partial charge in [0, 0.05) is 19.0 Å². The molecule has 1 saturated heterocycles. The molecule has 1 fully saturated rings. The fourth-order valence-corrected chi connectivity index (χ4v) is 3.82. The molecule has 5 nitrogen and oxygen atoms in total. The van der Waals surface area contributed by atoms with Gasteiger partial charge in [-0.25, -0.2) is 0 Å². The van der Waals surface area contributed by atoms with Gasteiger partial charge in [-0.1, -0.05) is 42.5 Å². The molecule has 28 heavy (non-hydrogen) atoms. The van der Waals surface area contributed by atoms with Crippen LogP contribution in [0, 0.1) is 0 Å². The molecule has 6 heteroatoms. The minimum atomic E-state index is -0.394. The van der Waals surface area contributed by atoms with Gasteiger partial charge >= 0.3 is 0 Å². The molecule has 142 valence electrons. The summed E-state index contributed by atoms with van der Waals surface area (Å²) in [7, 11) is 0. The second kappa shape index (κ2) is 8.02. The highest BCUT2D eigenvalue weighted by molar-refractivity contribution is 9.10. The number of nitrogens with zero attached hydrogens (tertiary/aromatic N) is 1. The predicted octanol–water partition coefficient (Wildman–Crippen LogP) is 4.92. The van der Waals surface area contributed by atoms with E-state index < -0.39 is 5.91 Å². The zero-order chi connectivity index (χ0) is 19.5. The van der Waals surface area contributed by atoms with E-state index in [-0.39, 0.29) is 11.7 Å². The first kappa shape index (κ1) is 18.5. The fourth-order valence-electron chi connectivity index (χ4n) is 3.51. The van der Waals surface area contributed by atoms with Gasteiger partial charge < -0.3 is 14.6 Å². The first-order valence-corrected chi connectivity index (χ1v) is 9.91. The Kier molecular flexibility index (Phi) is 5.30. The summed E-state index contributed by atoms with van der Waals surface area (Å²) in [6, 6.07) is 20.6. The van der Waals surface area contributed by atoms with Gasteiger partial charge in [-0.05, 0) is 52.2 Å². The number of rotatable bonds is 4. The summed E-state index contributed by atoms with van der Waals surface area (Å²) in [4.78, 5) is 27.4. The van der Waals surface area contributed by atoms with Crippen LogP contribution >= 0.6 is 15.9 Å². The van der Waals surface area contributed by atoms with Gasteiger partial charge in [0.25, 0.3) is 11.8 Å². The SMILES string of the molecule is O=C(Nc1ccccc1C(=O)N1CCC(c2ccccc2)C1)c1ccc(Br)o1. The summed E-state index contributed by atoms with van der Waals surface area (Å²) in [5.41, 5.74) is 2.21. The summed E-state index contributed by atoms with van der Waals surface area (Å²) in [6.45, 7) is 1.38. The van der Waals surface area contributed by atoms with Crippen molar-refractivity contribution in [1.82, 2.24) is 4.90 Å². The van der Waals surface area contributed by atoms with E-state index in [0.29, 0.717) is 34.9 Å². The molecule has 1 unspecified atom stereocenters. The highest BCUT2D eigenvalue weighted by atomic mass is 79.9. The first-order valence-electron chi connectivity index (χ1n) is 9.12. The maximum atomic E-state index is 13.1. The molecule has 1 aliphatic rings. The molecule has 0 aliphatic carbocycles. The zero-order valence-electron chi connectivity index (χ0n) is 15.1. The Labute approximate surface area is 171 Å². The van der Waals surface area contributed by atoms with Crippen molar-refractivity contribution in [2.45, 2.75) is 12.3 Å². The lowest BCUT2D eigenvalue weighted by Crippen LogP contribution is -2.29. The van der Waals surface area contributed by atoms with E-state index in [1.807, 2.05) is 23.1 Å². The van der Waals surface area contributed by atoms with Crippen molar-refractivity contribution in [3.8, 4) is 0 Å². The van der Waals surface area contributed by atoms with Crippen LogP contribution < -0.4 is 5.32 Å². The highest BCUT2D eigenvalue weighted by Crippen LogP contribution is 2.29. The molecule has 1 aromatic heterocycles. The van der Waals surface area contributed by atoms with Crippen LogP contribution in [0.25, 0.3) is 0 Å². The van der Waals surface area contributed by atoms with E-state index in [0.717, 1.165) is 6.42 Å². The largest absolute Gasteiger partial charge is 0.444 e. The number of carbonyl (C=O) groups excluding carboxylic acids is 2. The quantitative estimate of drug-likeness (QED) is 0.628. The van der Waals surface area contributed by atoms with E-state index in [9.17, 15) is 9.59 Å². The van der Waals surface area contributed by atoms with Crippen LogP contribution in [0.15, 0.2) is 75.8 Å². The number of furan rings is 1. The maximum Gasteiger partial charge on any atom is 0.291 e. The van der Waals surface area contributed by atoms with Crippen LogP contribution in [0.4, 0.5) is 5.69 Å². The third kappa shape index (κ3) is 3.87. The molecule has 2 amide bonds. The van der Waals surface area contributed by atoms with E-state index in [2.05, 4.69) is 33.4 Å². The Bertz CT molecular complexity index is 1000. The van der Waals surface area contributed by atoms with E-state index in [1.165, 1.54) is 5.56 Å². The molecule has 1 aliphatic heterocycles. The van der Waals surface area contributed by atoms with Crippen molar-refractivity contribution in [1.29, 1.82) is 0 Å². The van der Waals surface area contributed by atoms with Gasteiger partial charge in [0.1, 0.15) is 0 Å². The highest BCUT2D eigenvalue weighted by Gasteiger charge is 2.29. The Hall–Kier alpha value is -2.86. The van der Waals surface area contributed by atoms with Crippen molar-refractivity contribution in [3.05, 3.63) is 88.3 Å². The number of hydrogen-bond acceptors (Lipinski definition) is 3. The molecule has 3 aromatic rings. The van der Waals surface area contributed by atoms with Gasteiger partial charge in [-0.15, -0.1) is 0 Å². The lowest BCUT2D eigenvalue weighted by atomic mass is 9.99. The average Bonchev–Trinajstić information content (AvgIpc) is 3.38. The second-order valence-electron chi connectivity index (χ2n) is 6.75. The minimum absolute atomic E-state index is 0.0741. The summed E-state index contributed by atoms with van der Waals surface area (Å²) < 4.78 is 5.77. The van der Waals surface area contributed by atoms with Gasteiger partial charge in [-0.3, -0.25) is 9.59 Å². The Morgan fingerprint density at radius 2 is 1.75 bits per heavy atom. The normalized spacial score (nSPS) is 16.2. The van der Waals surface area contributed by atoms with Gasteiger partial charge in [0.2, 0.25) is 0 Å². The third-order valence-corrected chi connectivity index (χ3v) is 5.38. The van der Waals surface area contributed by atoms with E-state index in [4.69, 9.17) is 4.42 Å². The average molecular weight is 439 g/mol. The number of amides is 2. The predicted molar refractivity (Wildman–Crippen MR) is 111 cm³/mol. The second-order valence-corrected chi connectivity index (χ2v) is 7.53. The smallest absolute Gasteiger partial charge is 0.291 e. The summed E-state index contributed by atoms with van der Waals surface area (Å²) in [5, 5.41) is 2.79. The Morgan fingerprint density at radius 3 is 2.50 bits per heavy atom. The van der Waals surface area contributed by atoms with Crippen molar-refractivity contribution in [2.24, 2.45) is 0 Å². The van der Waals surface area contributed by atoms with E-state index >= 15 is 0 Å². The molecule has 0 spiro atoms. The lowest BCUT2D eigenvalue weighted by molar-refractivity contribution is 0.0792. The third-order valence-electron chi connectivity index (χ3n) is 4.95. The number of para-hydroxylation sites is 1. The van der Waals surface area contributed by atoms with Crippen LogP contribution in [0.2, 0.25) is 0 Å². The van der Waals surface area contributed by atoms with Crippen LogP contribution in [0.5, 0.6) is 0 Å². The number of anilines is 1. The zero-order valence-corrected chi connectivity index (χ0v) is 16.7. The molecular weight excluding hydrogens is 420 g/mol. The maximum absolute atomic E-state index is 13.1.